The van der Waals surface area contributed by atoms with Gasteiger partial charge in [-0.05, 0) is 26.7 Å². The second-order valence-electron chi connectivity index (χ2n) is 6.70. The predicted molar refractivity (Wildman–Crippen MR) is 89.6 cm³/mol. The monoisotopic (exact) mass is 342 g/mol. The highest BCUT2D eigenvalue weighted by molar-refractivity contribution is 6.35. The maximum Gasteiger partial charge on any atom is 0.309 e. The van der Waals surface area contributed by atoms with Gasteiger partial charge in [-0.25, -0.2) is 0 Å². The zero-order valence-electron chi connectivity index (χ0n) is 15.0. The summed E-state index contributed by atoms with van der Waals surface area (Å²) in [5, 5.41) is 5.32. The molecule has 1 atom stereocenters. The molecule has 0 aromatic rings. The van der Waals surface area contributed by atoms with Gasteiger partial charge in [0.25, 0.3) is 0 Å². The molecule has 0 unspecified atom stereocenters. The Kier molecular flexibility index (Phi) is 7.45. The Morgan fingerprint density at radius 2 is 1.75 bits per heavy atom. The first kappa shape index (κ1) is 19.1. The number of amides is 2. The van der Waals surface area contributed by atoms with Gasteiger partial charge in [-0.15, -0.1) is 0 Å². The summed E-state index contributed by atoms with van der Waals surface area (Å²) < 4.78 is 11.8. The van der Waals surface area contributed by atoms with Crippen LogP contribution in [-0.2, 0) is 19.1 Å². The molecule has 7 nitrogen and oxygen atoms in total. The maximum absolute atomic E-state index is 11.9. The van der Waals surface area contributed by atoms with Gasteiger partial charge in [0, 0.05) is 19.4 Å². The Balaban J connectivity index is 1.63. The number of rotatable bonds is 7. The summed E-state index contributed by atoms with van der Waals surface area (Å²) in [7, 11) is 0. The summed E-state index contributed by atoms with van der Waals surface area (Å²) in [5.74, 6) is -1.62. The number of carbonyl (C=O) groups excluding carboxylic acids is 2. The standard InChI is InChI=1S/C17H31N3O4/c1-3-20(4-2)11-10-18-15(21)16(22)19-12-14-13-23-17(24-14)8-6-5-7-9-17/h14H,3-13H2,1-2H3,(H,18,21)(H,19,22)/p+1/t14-/m0/s1. The van der Waals surface area contributed by atoms with E-state index in [2.05, 4.69) is 24.5 Å². The zero-order valence-corrected chi connectivity index (χ0v) is 15.0. The Morgan fingerprint density at radius 3 is 2.42 bits per heavy atom. The van der Waals surface area contributed by atoms with E-state index in [1.807, 2.05) is 0 Å². The van der Waals surface area contributed by atoms with Crippen LogP contribution >= 0.6 is 0 Å². The number of nitrogens with one attached hydrogen (secondary N) is 3. The predicted octanol–water partition coefficient (Wildman–Crippen LogP) is -0.781. The molecule has 0 bridgehead atoms. The van der Waals surface area contributed by atoms with Gasteiger partial charge in [0.1, 0.15) is 6.10 Å². The quantitative estimate of drug-likeness (QED) is 0.530. The van der Waals surface area contributed by atoms with Gasteiger partial charge in [0.2, 0.25) is 0 Å². The normalized spacial score (nSPS) is 22.7. The first-order valence-electron chi connectivity index (χ1n) is 9.30. The summed E-state index contributed by atoms with van der Waals surface area (Å²) >= 11 is 0. The third kappa shape index (κ3) is 5.43. The van der Waals surface area contributed by atoms with Gasteiger partial charge in [-0.3, -0.25) is 9.59 Å². The van der Waals surface area contributed by atoms with Crippen molar-refractivity contribution in [3.05, 3.63) is 0 Å². The lowest BCUT2D eigenvalue weighted by molar-refractivity contribution is -0.895. The molecule has 1 heterocycles. The fraction of sp³-hybridized carbons (Fsp3) is 0.882. The van der Waals surface area contributed by atoms with Crippen LogP contribution in [0.5, 0.6) is 0 Å². The van der Waals surface area contributed by atoms with Crippen LogP contribution in [-0.4, -0.2) is 63.0 Å². The van der Waals surface area contributed by atoms with Gasteiger partial charge in [-0.2, -0.15) is 0 Å². The Labute approximate surface area is 144 Å². The lowest BCUT2D eigenvalue weighted by Gasteiger charge is -2.31. The van der Waals surface area contributed by atoms with Crippen LogP contribution < -0.4 is 15.5 Å². The molecule has 3 N–H and O–H groups in total. The molecule has 138 valence electrons. The van der Waals surface area contributed by atoms with Crippen molar-refractivity contribution in [2.24, 2.45) is 0 Å². The third-order valence-electron chi connectivity index (χ3n) is 4.99. The molecular weight excluding hydrogens is 310 g/mol. The van der Waals surface area contributed by atoms with Crippen molar-refractivity contribution in [2.45, 2.75) is 57.8 Å². The Morgan fingerprint density at radius 1 is 1.08 bits per heavy atom. The second-order valence-corrected chi connectivity index (χ2v) is 6.70. The minimum Gasteiger partial charge on any atom is -0.347 e. The summed E-state index contributed by atoms with van der Waals surface area (Å²) in [6.07, 6.45) is 5.15. The fourth-order valence-corrected chi connectivity index (χ4v) is 3.39. The van der Waals surface area contributed by atoms with Gasteiger partial charge in [-0.1, -0.05) is 6.42 Å². The molecule has 2 fully saturated rings. The maximum atomic E-state index is 11.9. The highest BCUT2D eigenvalue weighted by atomic mass is 16.7. The summed E-state index contributed by atoms with van der Waals surface area (Å²) in [5.41, 5.74) is 0. The van der Waals surface area contributed by atoms with Crippen LogP contribution in [0, 0.1) is 0 Å². The van der Waals surface area contributed by atoms with Crippen LogP contribution in [0.25, 0.3) is 0 Å². The number of hydrogen-bond acceptors (Lipinski definition) is 4. The first-order valence-corrected chi connectivity index (χ1v) is 9.30. The number of hydrogen-bond donors (Lipinski definition) is 3. The van der Waals surface area contributed by atoms with Crippen molar-refractivity contribution in [1.82, 2.24) is 10.6 Å². The Bertz CT molecular complexity index is 420. The zero-order chi connectivity index (χ0) is 17.4. The smallest absolute Gasteiger partial charge is 0.309 e. The molecule has 0 aromatic heterocycles. The largest absolute Gasteiger partial charge is 0.347 e. The molecular formula is C17H32N3O4+. The molecule has 1 saturated carbocycles. The summed E-state index contributed by atoms with van der Waals surface area (Å²) in [6, 6.07) is 0. The topological polar surface area (TPSA) is 81.1 Å². The van der Waals surface area contributed by atoms with E-state index in [1.165, 1.54) is 11.3 Å². The Hall–Kier alpha value is -1.18. The molecule has 2 aliphatic rings. The van der Waals surface area contributed by atoms with E-state index in [4.69, 9.17) is 9.47 Å². The van der Waals surface area contributed by atoms with Gasteiger partial charge in [0.15, 0.2) is 5.79 Å². The molecule has 24 heavy (non-hydrogen) atoms. The van der Waals surface area contributed by atoms with E-state index < -0.39 is 17.6 Å². The number of quaternary nitrogens is 1. The molecule has 7 heteroatoms. The van der Waals surface area contributed by atoms with Crippen LogP contribution in [0.3, 0.4) is 0 Å². The number of likely N-dealkylation sites (N-methyl/N-ethyl adjacent to an activating group) is 1. The SMILES string of the molecule is CC[NH+](CC)CCNC(=O)C(=O)NC[C@H]1COC2(CCCCC2)O1. The van der Waals surface area contributed by atoms with E-state index in [-0.39, 0.29) is 6.10 Å². The van der Waals surface area contributed by atoms with Gasteiger partial charge >= 0.3 is 11.8 Å². The second kappa shape index (κ2) is 9.34. The summed E-state index contributed by atoms with van der Waals surface area (Å²) in [6.45, 7) is 8.37. The highest BCUT2D eigenvalue weighted by Gasteiger charge is 2.42. The average molecular weight is 342 g/mol. The molecule has 1 saturated heterocycles. The van der Waals surface area contributed by atoms with E-state index in [9.17, 15) is 9.59 Å². The van der Waals surface area contributed by atoms with Gasteiger partial charge in [0.05, 0.1) is 32.8 Å². The fourth-order valence-electron chi connectivity index (χ4n) is 3.39. The lowest BCUT2D eigenvalue weighted by atomic mass is 9.94. The van der Waals surface area contributed by atoms with E-state index >= 15 is 0 Å². The van der Waals surface area contributed by atoms with E-state index in [0.29, 0.717) is 19.7 Å². The van der Waals surface area contributed by atoms with E-state index in [0.717, 1.165) is 45.3 Å². The minimum atomic E-state index is -0.599. The third-order valence-corrected chi connectivity index (χ3v) is 4.99. The van der Waals surface area contributed by atoms with Gasteiger partial charge < -0.3 is 25.0 Å². The molecule has 2 amide bonds. The summed E-state index contributed by atoms with van der Waals surface area (Å²) in [4.78, 5) is 25.0. The lowest BCUT2D eigenvalue weighted by Crippen LogP contribution is -3.12. The van der Waals surface area contributed by atoms with Crippen LogP contribution in [0.4, 0.5) is 0 Å². The van der Waals surface area contributed by atoms with Crippen molar-refractivity contribution in [3.63, 3.8) is 0 Å². The van der Waals surface area contributed by atoms with Crippen molar-refractivity contribution in [2.75, 3.05) is 39.3 Å². The van der Waals surface area contributed by atoms with Crippen LogP contribution in [0.1, 0.15) is 46.0 Å². The van der Waals surface area contributed by atoms with Crippen molar-refractivity contribution in [3.8, 4) is 0 Å². The molecule has 0 radical (unpaired) electrons. The first-order chi connectivity index (χ1) is 11.6. The molecule has 1 aliphatic heterocycles. The number of carbonyl (C=O) groups is 2. The molecule has 1 aliphatic carbocycles. The molecule has 1 spiro atoms. The van der Waals surface area contributed by atoms with E-state index in [1.54, 1.807) is 0 Å². The molecule has 0 aromatic carbocycles. The van der Waals surface area contributed by atoms with Crippen molar-refractivity contribution >= 4 is 11.8 Å². The minimum absolute atomic E-state index is 0.167. The van der Waals surface area contributed by atoms with Crippen LogP contribution in [0.2, 0.25) is 0 Å². The average Bonchev–Trinajstić information content (AvgIpc) is 2.99. The number of ether oxygens (including phenoxy) is 2. The highest BCUT2D eigenvalue weighted by Crippen LogP contribution is 2.37. The van der Waals surface area contributed by atoms with Crippen molar-refractivity contribution < 1.29 is 24.0 Å². The van der Waals surface area contributed by atoms with Crippen molar-refractivity contribution in [1.29, 1.82) is 0 Å². The molecule has 2 rings (SSSR count). The van der Waals surface area contributed by atoms with Crippen LogP contribution in [0.15, 0.2) is 0 Å².